The molecule has 3 heterocycles. The smallest absolute Gasteiger partial charge is 0.304 e. The van der Waals surface area contributed by atoms with E-state index < -0.39 is 21.4 Å². The van der Waals surface area contributed by atoms with Gasteiger partial charge in [0, 0.05) is 38.4 Å². The molecule has 0 bridgehead atoms. The second-order valence-corrected chi connectivity index (χ2v) is 10.9. The van der Waals surface area contributed by atoms with Crippen LogP contribution in [0.1, 0.15) is 17.5 Å². The van der Waals surface area contributed by atoms with Gasteiger partial charge in [0.15, 0.2) is 5.65 Å². The number of hydrogen-bond acceptors (Lipinski definition) is 8. The molecule has 0 amide bonds. The Morgan fingerprint density at radius 3 is 2.53 bits per heavy atom. The molecule has 1 saturated heterocycles. The van der Waals surface area contributed by atoms with Crippen LogP contribution in [0.25, 0.3) is 16.6 Å². The van der Waals surface area contributed by atoms with Crippen molar-refractivity contribution in [3.05, 3.63) is 57.9 Å². The zero-order valence-corrected chi connectivity index (χ0v) is 20.7. The highest BCUT2D eigenvalue weighted by molar-refractivity contribution is 7.91. The summed E-state index contributed by atoms with van der Waals surface area (Å²) in [5.74, 6) is -0.812. The number of carbonyl (C=O) groups is 1. The Kier molecular flexibility index (Phi) is 6.00. The monoisotopic (exact) mass is 510 g/mol. The number of anilines is 1. The van der Waals surface area contributed by atoms with Crippen LogP contribution in [0.4, 0.5) is 5.69 Å². The van der Waals surface area contributed by atoms with Crippen LogP contribution >= 0.6 is 0 Å². The van der Waals surface area contributed by atoms with Crippen molar-refractivity contribution in [2.75, 3.05) is 37.6 Å². The Hall–Kier alpha value is -3.77. The molecule has 2 aromatic heterocycles. The third kappa shape index (κ3) is 4.22. The second-order valence-electron chi connectivity index (χ2n) is 9.04. The molecule has 0 spiro atoms. The van der Waals surface area contributed by atoms with Gasteiger partial charge >= 0.3 is 5.97 Å². The first-order chi connectivity index (χ1) is 17.1. The lowest BCUT2D eigenvalue weighted by atomic mass is 10.2. The van der Waals surface area contributed by atoms with Crippen LogP contribution in [0.15, 0.2) is 51.1 Å². The minimum atomic E-state index is -4.03. The minimum Gasteiger partial charge on any atom is -0.481 e. The van der Waals surface area contributed by atoms with Crippen molar-refractivity contribution in [3.63, 3.8) is 0 Å². The van der Waals surface area contributed by atoms with Crippen LogP contribution in [0.5, 0.6) is 0 Å². The number of carboxylic acids is 1. The number of H-pyrrole nitrogens is 1. The quantitative estimate of drug-likeness (QED) is 0.396. The standard InChI is InChI=1S/C24H26N6O5S/c1-15-3-6-20(16(2)13-15)36(34,35)24-22-25-23(33)18-5-4-17(14-19(18)30(22)27-26-24)29-11-9-28(10-12-29)8-7-21(31)32/h3-6,13-14,27H,7-12H2,1-2H3,(H,31,32). The Bertz CT molecular complexity index is 1650. The van der Waals surface area contributed by atoms with Gasteiger partial charge in [0.2, 0.25) is 14.9 Å². The van der Waals surface area contributed by atoms with Crippen molar-refractivity contribution in [1.82, 2.24) is 24.7 Å². The summed E-state index contributed by atoms with van der Waals surface area (Å²) in [6, 6.07) is 10.4. The van der Waals surface area contributed by atoms with Crippen LogP contribution < -0.4 is 10.5 Å². The molecule has 0 radical (unpaired) electrons. The Balaban J connectivity index is 1.52. The minimum absolute atomic E-state index is 0.0527. The molecular formula is C24H26N6O5S. The van der Waals surface area contributed by atoms with Crippen LogP contribution in [0, 0.1) is 13.8 Å². The summed E-state index contributed by atoms with van der Waals surface area (Å²) >= 11 is 0. The number of aromatic amines is 1. The summed E-state index contributed by atoms with van der Waals surface area (Å²) in [6.45, 7) is 6.95. The van der Waals surface area contributed by atoms with E-state index in [2.05, 4.69) is 25.1 Å². The van der Waals surface area contributed by atoms with Gasteiger partial charge in [-0.3, -0.25) is 14.5 Å². The van der Waals surface area contributed by atoms with E-state index in [1.807, 2.05) is 19.1 Å². The van der Waals surface area contributed by atoms with E-state index in [1.54, 1.807) is 31.2 Å². The first-order valence-corrected chi connectivity index (χ1v) is 13.1. The number of piperazine rings is 1. The van der Waals surface area contributed by atoms with Crippen LogP contribution in [-0.4, -0.2) is 76.9 Å². The lowest BCUT2D eigenvalue weighted by molar-refractivity contribution is -0.137. The molecule has 188 valence electrons. The number of rotatable bonds is 6. The molecule has 4 aromatic rings. The zero-order chi connectivity index (χ0) is 25.6. The Morgan fingerprint density at radius 1 is 1.08 bits per heavy atom. The van der Waals surface area contributed by atoms with Gasteiger partial charge < -0.3 is 10.0 Å². The van der Waals surface area contributed by atoms with E-state index in [1.165, 1.54) is 4.52 Å². The van der Waals surface area contributed by atoms with Crippen LogP contribution in [0.2, 0.25) is 0 Å². The largest absolute Gasteiger partial charge is 0.481 e. The van der Waals surface area contributed by atoms with Crippen molar-refractivity contribution in [1.29, 1.82) is 0 Å². The lowest BCUT2D eigenvalue weighted by Crippen LogP contribution is -2.46. The summed E-state index contributed by atoms with van der Waals surface area (Å²) in [6.07, 6.45) is 0.108. The summed E-state index contributed by atoms with van der Waals surface area (Å²) < 4.78 is 28.3. The predicted molar refractivity (Wildman–Crippen MR) is 133 cm³/mol. The number of nitrogens with one attached hydrogen (secondary N) is 1. The molecule has 0 atom stereocenters. The van der Waals surface area contributed by atoms with Gasteiger partial charge in [0.1, 0.15) is 0 Å². The molecular weight excluding hydrogens is 484 g/mol. The fourth-order valence-corrected chi connectivity index (χ4v) is 6.14. The number of carboxylic acid groups (broad SMARTS) is 1. The van der Waals surface area contributed by atoms with Crippen molar-refractivity contribution in [2.45, 2.75) is 30.2 Å². The van der Waals surface area contributed by atoms with E-state index in [4.69, 9.17) is 5.11 Å². The van der Waals surface area contributed by atoms with Gasteiger partial charge in [-0.05, 0) is 43.7 Å². The van der Waals surface area contributed by atoms with Crippen molar-refractivity contribution < 1.29 is 18.3 Å². The fourth-order valence-electron chi connectivity index (χ4n) is 4.66. The van der Waals surface area contributed by atoms with Crippen LogP contribution in [0.3, 0.4) is 0 Å². The number of benzene rings is 2. The molecule has 0 saturated carbocycles. The maximum atomic E-state index is 13.4. The van der Waals surface area contributed by atoms with Gasteiger partial charge in [-0.2, -0.15) is 4.98 Å². The summed E-state index contributed by atoms with van der Waals surface area (Å²) in [7, 11) is -4.03. The summed E-state index contributed by atoms with van der Waals surface area (Å²) in [5, 5.41) is 15.8. The van der Waals surface area contributed by atoms with Crippen LogP contribution in [-0.2, 0) is 14.6 Å². The van der Waals surface area contributed by atoms with Gasteiger partial charge in [-0.25, -0.2) is 18.1 Å². The third-order valence-electron chi connectivity index (χ3n) is 6.57. The van der Waals surface area contributed by atoms with Crippen molar-refractivity contribution in [3.8, 4) is 0 Å². The number of aryl methyl sites for hydroxylation is 2. The highest BCUT2D eigenvalue weighted by atomic mass is 32.2. The molecule has 1 fully saturated rings. The number of hydrogen-bond donors (Lipinski definition) is 2. The zero-order valence-electron chi connectivity index (χ0n) is 19.9. The molecule has 0 aliphatic carbocycles. The average Bonchev–Trinajstić information content (AvgIpc) is 3.27. The number of aromatic nitrogens is 4. The maximum Gasteiger partial charge on any atom is 0.304 e. The lowest BCUT2D eigenvalue weighted by Gasteiger charge is -2.36. The van der Waals surface area contributed by atoms with E-state index >= 15 is 0 Å². The first-order valence-electron chi connectivity index (χ1n) is 11.6. The molecule has 11 nitrogen and oxygen atoms in total. The summed E-state index contributed by atoms with van der Waals surface area (Å²) in [4.78, 5) is 32.1. The molecule has 36 heavy (non-hydrogen) atoms. The van der Waals surface area contributed by atoms with Gasteiger partial charge in [0.25, 0.3) is 5.56 Å². The normalized spacial score (nSPS) is 15.1. The molecule has 1 aliphatic rings. The molecule has 2 aromatic carbocycles. The number of nitrogens with zero attached hydrogens (tertiary/aromatic N) is 5. The maximum absolute atomic E-state index is 13.4. The third-order valence-corrected chi connectivity index (χ3v) is 8.39. The fraction of sp³-hybridized carbons (Fsp3) is 0.333. The van der Waals surface area contributed by atoms with Crippen molar-refractivity contribution in [2.24, 2.45) is 0 Å². The van der Waals surface area contributed by atoms with Gasteiger partial charge in [-0.15, -0.1) is 5.10 Å². The number of aliphatic carboxylic acids is 1. The van der Waals surface area contributed by atoms with E-state index in [0.717, 1.165) is 24.3 Å². The Morgan fingerprint density at radius 2 is 1.83 bits per heavy atom. The number of sulfone groups is 1. The number of fused-ring (bicyclic) bond motifs is 3. The molecule has 12 heteroatoms. The van der Waals surface area contributed by atoms with Gasteiger partial charge in [-0.1, -0.05) is 17.7 Å². The SMILES string of the molecule is Cc1ccc(S(=O)(=O)c2n[nH]n3c2nc(=O)c2ccc(N4CCN(CCC(=O)O)CC4)cc23)c(C)c1. The second kappa shape index (κ2) is 9.03. The van der Waals surface area contributed by atoms with E-state index in [-0.39, 0.29) is 22.0 Å². The molecule has 5 rings (SSSR count). The summed E-state index contributed by atoms with van der Waals surface area (Å²) in [5.41, 5.74) is 2.29. The average molecular weight is 511 g/mol. The highest BCUT2D eigenvalue weighted by Crippen LogP contribution is 2.27. The van der Waals surface area contributed by atoms with Gasteiger partial charge in [0.05, 0.1) is 22.2 Å². The Labute approximate surface area is 206 Å². The molecule has 2 N–H and O–H groups in total. The first kappa shape index (κ1) is 23.9. The van der Waals surface area contributed by atoms with E-state index in [9.17, 15) is 18.0 Å². The molecule has 1 aliphatic heterocycles. The van der Waals surface area contributed by atoms with Crippen molar-refractivity contribution >= 4 is 38.0 Å². The predicted octanol–water partition coefficient (Wildman–Crippen LogP) is 1.62. The molecule has 0 unspecified atom stereocenters. The highest BCUT2D eigenvalue weighted by Gasteiger charge is 2.28. The van der Waals surface area contributed by atoms with E-state index in [0.29, 0.717) is 36.1 Å². The topological polar surface area (TPSA) is 141 Å².